The number of carbonyl (C=O) groups is 4. The standard InChI is InChI=1S/C23H29N3O6S/c1-4-10-31-22(29)25-19(13-21(24)28)16-6-8-17(9-7-16)20-12-18(33-15(3)27)14-26(20)23(30)32-11-5-2/h4-9,18-20H,1-2,10-14H2,3H3,(H2,24,28)(H,25,29)/t18-,19-,20+/m0/s1. The minimum atomic E-state index is -0.693. The molecule has 0 unspecified atom stereocenters. The number of nitrogens with zero attached hydrogens (tertiary/aromatic N) is 1. The fourth-order valence-electron chi connectivity index (χ4n) is 3.57. The Balaban J connectivity index is 2.21. The van der Waals surface area contributed by atoms with Gasteiger partial charge in [-0.05, 0) is 17.5 Å². The van der Waals surface area contributed by atoms with E-state index in [1.807, 2.05) is 12.1 Å². The smallest absolute Gasteiger partial charge is 0.410 e. The largest absolute Gasteiger partial charge is 0.445 e. The molecule has 0 spiro atoms. The summed E-state index contributed by atoms with van der Waals surface area (Å²) in [6.45, 7) is 9.04. The van der Waals surface area contributed by atoms with Gasteiger partial charge in [-0.1, -0.05) is 61.3 Å². The van der Waals surface area contributed by atoms with Crippen LogP contribution in [0.5, 0.6) is 0 Å². The molecule has 0 saturated carbocycles. The van der Waals surface area contributed by atoms with Crippen LogP contribution in [0.3, 0.4) is 0 Å². The van der Waals surface area contributed by atoms with Gasteiger partial charge in [0.25, 0.3) is 0 Å². The van der Waals surface area contributed by atoms with Crippen molar-refractivity contribution in [2.24, 2.45) is 5.73 Å². The minimum Gasteiger partial charge on any atom is -0.445 e. The molecule has 0 bridgehead atoms. The van der Waals surface area contributed by atoms with E-state index in [1.165, 1.54) is 30.8 Å². The molecule has 1 aliphatic rings. The van der Waals surface area contributed by atoms with Gasteiger partial charge in [-0.15, -0.1) is 0 Å². The lowest BCUT2D eigenvalue weighted by Gasteiger charge is -2.24. The quantitative estimate of drug-likeness (QED) is 0.497. The molecule has 3 N–H and O–H groups in total. The zero-order valence-corrected chi connectivity index (χ0v) is 19.3. The van der Waals surface area contributed by atoms with Crippen molar-refractivity contribution in [2.45, 2.75) is 37.1 Å². The van der Waals surface area contributed by atoms with E-state index >= 15 is 0 Å². The van der Waals surface area contributed by atoms with Crippen molar-refractivity contribution in [3.8, 4) is 0 Å². The number of ether oxygens (including phenoxy) is 2. The van der Waals surface area contributed by atoms with Gasteiger partial charge in [0.05, 0.1) is 18.5 Å². The molecular weight excluding hydrogens is 446 g/mol. The molecule has 1 heterocycles. The van der Waals surface area contributed by atoms with E-state index in [1.54, 1.807) is 17.0 Å². The van der Waals surface area contributed by atoms with Gasteiger partial charge in [-0.3, -0.25) is 9.59 Å². The Morgan fingerprint density at radius 2 is 1.82 bits per heavy atom. The maximum atomic E-state index is 12.6. The number of likely N-dealkylation sites (tertiary alicyclic amines) is 1. The Morgan fingerprint density at radius 1 is 1.18 bits per heavy atom. The predicted molar refractivity (Wildman–Crippen MR) is 125 cm³/mol. The number of amides is 3. The number of carbonyl (C=O) groups excluding carboxylic acids is 4. The summed E-state index contributed by atoms with van der Waals surface area (Å²) in [5.74, 6) is -0.580. The second kappa shape index (κ2) is 12.7. The SMILES string of the molecule is C=CCOC(=O)N[C@@H](CC(N)=O)c1ccc([C@H]2C[C@H](SC(C)=O)CN2C(=O)OCC=C)cc1. The average Bonchev–Trinajstić information content (AvgIpc) is 3.18. The van der Waals surface area contributed by atoms with E-state index in [0.717, 1.165) is 5.56 Å². The summed E-state index contributed by atoms with van der Waals surface area (Å²) in [5.41, 5.74) is 6.84. The van der Waals surface area contributed by atoms with Crippen LogP contribution in [0.2, 0.25) is 0 Å². The van der Waals surface area contributed by atoms with E-state index in [0.29, 0.717) is 18.5 Å². The molecule has 1 aromatic carbocycles. The van der Waals surface area contributed by atoms with E-state index in [9.17, 15) is 19.2 Å². The molecule has 33 heavy (non-hydrogen) atoms. The molecule has 3 atom stereocenters. The molecule has 0 aromatic heterocycles. The van der Waals surface area contributed by atoms with Crippen LogP contribution in [-0.2, 0) is 19.1 Å². The summed E-state index contributed by atoms with van der Waals surface area (Å²) in [7, 11) is 0. The van der Waals surface area contributed by atoms with E-state index < -0.39 is 24.1 Å². The zero-order chi connectivity index (χ0) is 24.4. The van der Waals surface area contributed by atoms with Crippen LogP contribution in [0.25, 0.3) is 0 Å². The molecule has 1 aliphatic heterocycles. The summed E-state index contributed by atoms with van der Waals surface area (Å²) in [4.78, 5) is 49.2. The number of benzene rings is 1. The number of nitrogens with two attached hydrogens (primary N) is 1. The third-order valence-electron chi connectivity index (χ3n) is 4.91. The van der Waals surface area contributed by atoms with Crippen molar-refractivity contribution in [1.29, 1.82) is 0 Å². The Bertz CT molecular complexity index is 889. The van der Waals surface area contributed by atoms with Gasteiger partial charge < -0.3 is 25.4 Å². The molecule has 2 rings (SSSR count). The van der Waals surface area contributed by atoms with Gasteiger partial charge >= 0.3 is 12.2 Å². The Kier molecular flexibility index (Phi) is 9.99. The van der Waals surface area contributed by atoms with E-state index in [2.05, 4.69) is 18.5 Å². The van der Waals surface area contributed by atoms with Gasteiger partial charge in [0.15, 0.2) is 5.12 Å². The van der Waals surface area contributed by atoms with E-state index in [4.69, 9.17) is 15.2 Å². The molecule has 10 heteroatoms. The van der Waals surface area contributed by atoms with Crippen LogP contribution in [0.15, 0.2) is 49.6 Å². The fourth-order valence-corrected chi connectivity index (χ4v) is 4.55. The summed E-state index contributed by atoms with van der Waals surface area (Å²) < 4.78 is 10.1. The fraction of sp³-hybridized carbons (Fsp3) is 0.391. The van der Waals surface area contributed by atoms with Crippen LogP contribution in [0.1, 0.15) is 43.0 Å². The molecule has 1 saturated heterocycles. The minimum absolute atomic E-state index is 0.0147. The van der Waals surface area contributed by atoms with Gasteiger partial charge in [0, 0.05) is 18.7 Å². The third kappa shape index (κ3) is 7.98. The topological polar surface area (TPSA) is 128 Å². The maximum absolute atomic E-state index is 12.6. The van der Waals surface area contributed by atoms with Crippen LogP contribution >= 0.6 is 11.8 Å². The molecule has 0 aliphatic carbocycles. The van der Waals surface area contributed by atoms with Crippen molar-refractivity contribution in [2.75, 3.05) is 19.8 Å². The maximum Gasteiger partial charge on any atom is 0.410 e. The van der Waals surface area contributed by atoms with Crippen LogP contribution in [0.4, 0.5) is 9.59 Å². The highest BCUT2D eigenvalue weighted by molar-refractivity contribution is 8.14. The highest BCUT2D eigenvalue weighted by Crippen LogP contribution is 2.38. The molecular formula is C23H29N3O6S. The molecule has 0 radical (unpaired) electrons. The number of alkyl carbamates (subject to hydrolysis) is 1. The van der Waals surface area contributed by atoms with Crippen molar-refractivity contribution < 1.29 is 28.7 Å². The number of nitrogens with one attached hydrogen (secondary N) is 1. The Morgan fingerprint density at radius 3 is 2.39 bits per heavy atom. The van der Waals surface area contributed by atoms with Crippen molar-refractivity contribution in [3.63, 3.8) is 0 Å². The molecule has 1 aromatic rings. The summed E-state index contributed by atoms with van der Waals surface area (Å²) >= 11 is 1.21. The molecule has 9 nitrogen and oxygen atoms in total. The number of thioether (sulfide) groups is 1. The lowest BCUT2D eigenvalue weighted by atomic mass is 9.98. The average molecular weight is 476 g/mol. The lowest BCUT2D eigenvalue weighted by Crippen LogP contribution is -2.33. The van der Waals surface area contributed by atoms with E-state index in [-0.39, 0.29) is 36.0 Å². The van der Waals surface area contributed by atoms with Gasteiger partial charge in [-0.2, -0.15) is 0 Å². The van der Waals surface area contributed by atoms with Crippen LogP contribution in [0, 0.1) is 0 Å². The summed E-state index contributed by atoms with van der Waals surface area (Å²) in [5, 5.41) is 2.56. The number of primary amides is 1. The van der Waals surface area contributed by atoms with Gasteiger partial charge in [0.2, 0.25) is 5.91 Å². The summed E-state index contributed by atoms with van der Waals surface area (Å²) in [6, 6.07) is 6.20. The highest BCUT2D eigenvalue weighted by atomic mass is 32.2. The number of hydrogen-bond donors (Lipinski definition) is 2. The normalized spacial score (nSPS) is 18.2. The predicted octanol–water partition coefficient (Wildman–Crippen LogP) is 3.23. The zero-order valence-electron chi connectivity index (χ0n) is 18.5. The van der Waals surface area contributed by atoms with Gasteiger partial charge in [0.1, 0.15) is 13.2 Å². The number of rotatable bonds is 10. The molecule has 3 amide bonds. The lowest BCUT2D eigenvalue weighted by molar-refractivity contribution is -0.118. The van der Waals surface area contributed by atoms with Crippen molar-refractivity contribution in [3.05, 3.63) is 60.7 Å². The van der Waals surface area contributed by atoms with Crippen LogP contribution < -0.4 is 11.1 Å². The third-order valence-corrected chi connectivity index (χ3v) is 5.91. The number of hydrogen-bond acceptors (Lipinski definition) is 7. The Labute approximate surface area is 197 Å². The first-order valence-electron chi connectivity index (χ1n) is 10.4. The monoisotopic (exact) mass is 475 g/mol. The first kappa shape index (κ1) is 26.0. The molecule has 178 valence electrons. The van der Waals surface area contributed by atoms with Crippen LogP contribution in [-0.4, -0.2) is 53.1 Å². The first-order chi connectivity index (χ1) is 15.7. The Hall–Kier alpha value is -3.27. The van der Waals surface area contributed by atoms with Crippen molar-refractivity contribution in [1.82, 2.24) is 10.2 Å². The van der Waals surface area contributed by atoms with Crippen molar-refractivity contribution >= 4 is 35.0 Å². The first-order valence-corrected chi connectivity index (χ1v) is 11.3. The van der Waals surface area contributed by atoms with Gasteiger partial charge in [-0.25, -0.2) is 9.59 Å². The molecule has 1 fully saturated rings. The highest BCUT2D eigenvalue weighted by Gasteiger charge is 2.38. The second-order valence-corrected chi connectivity index (χ2v) is 8.90. The summed E-state index contributed by atoms with van der Waals surface area (Å²) in [6.07, 6.45) is 2.23. The second-order valence-electron chi connectivity index (χ2n) is 7.42.